The number of thiazole rings is 1. The van der Waals surface area contributed by atoms with Gasteiger partial charge in [0.05, 0.1) is 24.2 Å². The Morgan fingerprint density at radius 3 is 2.58 bits per heavy atom. The third kappa shape index (κ3) is 4.66. The molecule has 136 valence electrons. The van der Waals surface area contributed by atoms with E-state index in [1.165, 1.54) is 18.4 Å². The molecule has 0 bridgehead atoms. The fourth-order valence-electron chi connectivity index (χ4n) is 2.21. The molecule has 0 spiro atoms. The summed E-state index contributed by atoms with van der Waals surface area (Å²) in [5, 5.41) is 3.20. The van der Waals surface area contributed by atoms with E-state index in [1.54, 1.807) is 54.7 Å². The van der Waals surface area contributed by atoms with Crippen LogP contribution in [0.15, 0.2) is 59.6 Å². The van der Waals surface area contributed by atoms with Crippen LogP contribution in [0.5, 0.6) is 5.75 Å². The number of halogens is 1. The summed E-state index contributed by atoms with van der Waals surface area (Å²) >= 11 is 7.19. The number of benzene rings is 2. The van der Waals surface area contributed by atoms with E-state index in [9.17, 15) is 8.42 Å². The highest BCUT2D eigenvalue weighted by molar-refractivity contribution is 7.92. The van der Waals surface area contributed by atoms with Crippen LogP contribution in [0.4, 0.5) is 11.4 Å². The SMILES string of the molecule is COc1cccc(NS(=O)(=O)c2ccc(NCc3cnc(Cl)s3)cc2)c1. The van der Waals surface area contributed by atoms with E-state index < -0.39 is 10.0 Å². The highest BCUT2D eigenvalue weighted by atomic mass is 35.5. The number of sulfonamides is 1. The lowest BCUT2D eigenvalue weighted by Crippen LogP contribution is -2.13. The van der Waals surface area contributed by atoms with Crippen LogP contribution >= 0.6 is 22.9 Å². The van der Waals surface area contributed by atoms with Gasteiger partial charge in [-0.3, -0.25) is 4.72 Å². The largest absolute Gasteiger partial charge is 0.497 e. The predicted molar refractivity (Wildman–Crippen MR) is 105 cm³/mol. The predicted octanol–water partition coefficient (Wildman–Crippen LogP) is 4.22. The minimum atomic E-state index is -3.68. The molecule has 0 radical (unpaired) electrons. The molecular formula is C17H16ClN3O3S2. The van der Waals surface area contributed by atoms with Crippen LogP contribution in [0, 0.1) is 0 Å². The minimum absolute atomic E-state index is 0.173. The Kier molecular flexibility index (Phi) is 5.65. The van der Waals surface area contributed by atoms with Crippen molar-refractivity contribution in [3.8, 4) is 5.75 Å². The van der Waals surface area contributed by atoms with Crippen LogP contribution in [-0.4, -0.2) is 20.5 Å². The molecule has 2 aromatic carbocycles. The number of ether oxygens (including phenoxy) is 1. The molecule has 9 heteroatoms. The number of methoxy groups -OCH3 is 1. The van der Waals surface area contributed by atoms with E-state index in [2.05, 4.69) is 15.0 Å². The Morgan fingerprint density at radius 2 is 1.92 bits per heavy atom. The topological polar surface area (TPSA) is 80.3 Å². The Morgan fingerprint density at radius 1 is 1.15 bits per heavy atom. The molecule has 2 N–H and O–H groups in total. The number of anilines is 2. The van der Waals surface area contributed by atoms with Crippen molar-refractivity contribution >= 4 is 44.3 Å². The van der Waals surface area contributed by atoms with Crippen molar-refractivity contribution in [3.05, 3.63) is 64.1 Å². The molecule has 0 aliphatic rings. The standard InChI is InChI=1S/C17H16ClN3O3S2/c1-24-14-4-2-3-13(9-14)21-26(22,23)16-7-5-12(6-8-16)19-10-15-11-20-17(18)25-15/h2-9,11,19,21H,10H2,1H3. The van der Waals surface area contributed by atoms with Gasteiger partial charge in [-0.05, 0) is 36.4 Å². The summed E-state index contributed by atoms with van der Waals surface area (Å²) < 4.78 is 33.1. The molecule has 0 saturated heterocycles. The lowest BCUT2D eigenvalue weighted by atomic mass is 10.3. The van der Waals surface area contributed by atoms with E-state index >= 15 is 0 Å². The lowest BCUT2D eigenvalue weighted by molar-refractivity contribution is 0.415. The molecule has 0 fully saturated rings. The molecule has 0 aliphatic carbocycles. The second-order valence-electron chi connectivity index (χ2n) is 5.29. The van der Waals surface area contributed by atoms with Crippen molar-refractivity contribution in [1.82, 2.24) is 4.98 Å². The number of aromatic nitrogens is 1. The van der Waals surface area contributed by atoms with E-state index in [1.807, 2.05) is 0 Å². The second kappa shape index (κ2) is 7.94. The van der Waals surface area contributed by atoms with E-state index in [-0.39, 0.29) is 4.90 Å². The molecule has 0 unspecified atom stereocenters. The fourth-order valence-corrected chi connectivity index (χ4v) is 4.17. The van der Waals surface area contributed by atoms with Crippen molar-refractivity contribution in [3.63, 3.8) is 0 Å². The highest BCUT2D eigenvalue weighted by Crippen LogP contribution is 2.22. The summed E-state index contributed by atoms with van der Waals surface area (Å²) in [5.74, 6) is 0.577. The van der Waals surface area contributed by atoms with Crippen LogP contribution in [0.3, 0.4) is 0 Å². The molecule has 0 aliphatic heterocycles. The first-order chi connectivity index (χ1) is 12.5. The van der Waals surface area contributed by atoms with Gasteiger partial charge in [-0.1, -0.05) is 17.7 Å². The number of nitrogens with one attached hydrogen (secondary N) is 2. The maximum absolute atomic E-state index is 12.5. The zero-order chi connectivity index (χ0) is 18.6. The van der Waals surface area contributed by atoms with Crippen LogP contribution in [-0.2, 0) is 16.6 Å². The summed E-state index contributed by atoms with van der Waals surface area (Å²) in [6, 6.07) is 13.3. The van der Waals surface area contributed by atoms with Gasteiger partial charge in [0.15, 0.2) is 4.47 Å². The number of hydrogen-bond donors (Lipinski definition) is 2. The molecule has 26 heavy (non-hydrogen) atoms. The quantitative estimate of drug-likeness (QED) is 0.610. The van der Waals surface area contributed by atoms with Gasteiger partial charge >= 0.3 is 0 Å². The van der Waals surface area contributed by atoms with Crippen LogP contribution in [0.25, 0.3) is 0 Å². The Labute approximate surface area is 160 Å². The number of hydrogen-bond acceptors (Lipinski definition) is 6. The summed E-state index contributed by atoms with van der Waals surface area (Å²) in [7, 11) is -2.15. The minimum Gasteiger partial charge on any atom is -0.497 e. The van der Waals surface area contributed by atoms with Gasteiger partial charge in [0.1, 0.15) is 5.75 Å². The molecule has 0 amide bonds. The first-order valence-electron chi connectivity index (χ1n) is 7.57. The number of nitrogens with zero attached hydrogens (tertiary/aromatic N) is 1. The van der Waals surface area contributed by atoms with Crippen LogP contribution in [0.1, 0.15) is 4.88 Å². The Bertz CT molecular complexity index is 988. The molecule has 0 saturated carbocycles. The lowest BCUT2D eigenvalue weighted by Gasteiger charge is -2.10. The zero-order valence-corrected chi connectivity index (χ0v) is 16.2. The maximum atomic E-state index is 12.5. The first-order valence-corrected chi connectivity index (χ1v) is 10.2. The van der Waals surface area contributed by atoms with Crippen molar-refractivity contribution in [2.45, 2.75) is 11.4 Å². The van der Waals surface area contributed by atoms with Crippen molar-refractivity contribution in [2.24, 2.45) is 0 Å². The van der Waals surface area contributed by atoms with Crippen molar-refractivity contribution in [2.75, 3.05) is 17.1 Å². The second-order valence-corrected chi connectivity index (χ2v) is 8.67. The molecule has 1 heterocycles. The third-order valence-electron chi connectivity index (χ3n) is 3.48. The highest BCUT2D eigenvalue weighted by Gasteiger charge is 2.14. The van der Waals surface area contributed by atoms with E-state index in [4.69, 9.17) is 16.3 Å². The van der Waals surface area contributed by atoms with Crippen LogP contribution < -0.4 is 14.8 Å². The fraction of sp³-hybridized carbons (Fsp3) is 0.118. The van der Waals surface area contributed by atoms with Crippen molar-refractivity contribution in [1.29, 1.82) is 0 Å². The van der Waals surface area contributed by atoms with Crippen molar-refractivity contribution < 1.29 is 13.2 Å². The van der Waals surface area contributed by atoms with Gasteiger partial charge in [0.25, 0.3) is 10.0 Å². The average molecular weight is 410 g/mol. The van der Waals surface area contributed by atoms with Gasteiger partial charge < -0.3 is 10.1 Å². The van der Waals surface area contributed by atoms with Gasteiger partial charge in [-0.25, -0.2) is 13.4 Å². The third-order valence-corrected chi connectivity index (χ3v) is 5.99. The summed E-state index contributed by atoms with van der Waals surface area (Å²) in [5.41, 5.74) is 1.24. The Balaban J connectivity index is 1.68. The van der Waals surface area contributed by atoms with Crippen LogP contribution in [0.2, 0.25) is 4.47 Å². The monoisotopic (exact) mass is 409 g/mol. The summed E-state index contributed by atoms with van der Waals surface area (Å²) in [4.78, 5) is 5.14. The number of rotatable bonds is 7. The van der Waals surface area contributed by atoms with E-state index in [0.29, 0.717) is 22.4 Å². The molecule has 1 aromatic heterocycles. The first kappa shape index (κ1) is 18.5. The van der Waals surface area contributed by atoms with Gasteiger partial charge in [0.2, 0.25) is 0 Å². The van der Waals surface area contributed by atoms with Gasteiger partial charge in [-0.2, -0.15) is 0 Å². The Hall–Kier alpha value is -2.29. The normalized spacial score (nSPS) is 11.2. The molecule has 0 atom stereocenters. The molecule has 3 rings (SSSR count). The average Bonchev–Trinajstić information content (AvgIpc) is 3.05. The molecule has 3 aromatic rings. The van der Waals surface area contributed by atoms with E-state index in [0.717, 1.165) is 10.6 Å². The summed E-state index contributed by atoms with van der Waals surface area (Å²) in [6.07, 6.45) is 1.71. The van der Waals surface area contributed by atoms with Gasteiger partial charge in [-0.15, -0.1) is 11.3 Å². The molecular weight excluding hydrogens is 394 g/mol. The zero-order valence-electron chi connectivity index (χ0n) is 13.8. The molecule has 6 nitrogen and oxygen atoms in total. The van der Waals surface area contributed by atoms with Gasteiger partial charge in [0, 0.05) is 22.8 Å². The maximum Gasteiger partial charge on any atom is 0.261 e. The summed E-state index contributed by atoms with van der Waals surface area (Å²) in [6.45, 7) is 0.568. The smallest absolute Gasteiger partial charge is 0.261 e.